The first-order valence-corrected chi connectivity index (χ1v) is 11.5. The SMILES string of the molecule is COC(=O)c1c(C(=O)OC)c(C(F)(F)F)n(S(=O)(=O)c2ccc(C)cc2)c1-c1ccc(C(F)(F)F)cc1. The molecule has 0 aliphatic heterocycles. The van der Waals surface area contributed by atoms with Gasteiger partial charge in [0.2, 0.25) is 0 Å². The minimum absolute atomic E-state index is 0.293. The highest BCUT2D eigenvalue weighted by Crippen LogP contribution is 2.44. The van der Waals surface area contributed by atoms with Crippen LogP contribution in [-0.4, -0.2) is 38.5 Å². The van der Waals surface area contributed by atoms with Gasteiger partial charge in [0.15, 0.2) is 5.69 Å². The molecule has 37 heavy (non-hydrogen) atoms. The summed E-state index contributed by atoms with van der Waals surface area (Å²) < 4.78 is 118. The molecule has 3 aromatic rings. The van der Waals surface area contributed by atoms with Gasteiger partial charge in [-0.15, -0.1) is 0 Å². The molecule has 0 radical (unpaired) electrons. The number of hydrogen-bond acceptors (Lipinski definition) is 6. The molecular formula is C23H17F6NO6S. The van der Waals surface area contributed by atoms with Crippen LogP contribution in [0.15, 0.2) is 53.4 Å². The van der Waals surface area contributed by atoms with Crippen LogP contribution in [0.25, 0.3) is 11.3 Å². The lowest BCUT2D eigenvalue weighted by Crippen LogP contribution is -2.24. The summed E-state index contributed by atoms with van der Waals surface area (Å²) in [4.78, 5) is 24.6. The number of aromatic nitrogens is 1. The molecular weight excluding hydrogens is 532 g/mol. The number of nitrogens with zero attached hydrogens (tertiary/aromatic N) is 1. The number of ether oxygens (including phenoxy) is 2. The second-order valence-corrected chi connectivity index (χ2v) is 9.37. The van der Waals surface area contributed by atoms with Gasteiger partial charge in [0.05, 0.1) is 30.4 Å². The molecule has 0 fully saturated rings. The topological polar surface area (TPSA) is 91.7 Å². The highest BCUT2D eigenvalue weighted by atomic mass is 32.2. The lowest BCUT2D eigenvalue weighted by atomic mass is 10.0. The molecule has 0 saturated heterocycles. The maximum absolute atomic E-state index is 14.4. The highest BCUT2D eigenvalue weighted by Gasteiger charge is 2.48. The number of aryl methyl sites for hydroxylation is 1. The van der Waals surface area contributed by atoms with Crippen molar-refractivity contribution in [2.75, 3.05) is 14.2 Å². The summed E-state index contributed by atoms with van der Waals surface area (Å²) in [7, 11) is -3.75. The molecule has 0 amide bonds. The Kier molecular flexibility index (Phi) is 7.19. The highest BCUT2D eigenvalue weighted by molar-refractivity contribution is 7.90. The van der Waals surface area contributed by atoms with E-state index in [0.29, 0.717) is 36.9 Å². The Labute approximate surface area is 206 Å². The summed E-state index contributed by atoms with van der Waals surface area (Å²) in [5, 5.41) is 0. The predicted octanol–water partition coefficient (Wildman–Crippen LogP) is 5.31. The Morgan fingerprint density at radius 1 is 0.757 bits per heavy atom. The predicted molar refractivity (Wildman–Crippen MR) is 116 cm³/mol. The van der Waals surface area contributed by atoms with Crippen LogP contribution in [0.1, 0.15) is 37.5 Å². The molecule has 0 N–H and O–H groups in total. The zero-order valence-electron chi connectivity index (χ0n) is 19.2. The molecule has 0 bridgehead atoms. The van der Waals surface area contributed by atoms with Gasteiger partial charge in [0.1, 0.15) is 11.1 Å². The third-order valence-electron chi connectivity index (χ3n) is 5.22. The first-order chi connectivity index (χ1) is 17.1. The quantitative estimate of drug-likeness (QED) is 0.317. The Morgan fingerprint density at radius 3 is 1.68 bits per heavy atom. The van der Waals surface area contributed by atoms with Crippen LogP contribution in [0.2, 0.25) is 0 Å². The van der Waals surface area contributed by atoms with Crippen molar-refractivity contribution in [2.45, 2.75) is 24.2 Å². The molecule has 0 atom stereocenters. The van der Waals surface area contributed by atoms with Gasteiger partial charge in [-0.1, -0.05) is 29.8 Å². The fourth-order valence-corrected chi connectivity index (χ4v) is 5.11. The number of hydrogen-bond donors (Lipinski definition) is 0. The van der Waals surface area contributed by atoms with Gasteiger partial charge in [0, 0.05) is 5.56 Å². The number of rotatable bonds is 5. The van der Waals surface area contributed by atoms with Crippen LogP contribution >= 0.6 is 0 Å². The zero-order valence-corrected chi connectivity index (χ0v) is 20.0. The smallest absolute Gasteiger partial charge is 0.433 e. The number of carbonyl (C=O) groups excluding carboxylic acids is 2. The number of alkyl halides is 6. The van der Waals surface area contributed by atoms with Crippen molar-refractivity contribution in [3.63, 3.8) is 0 Å². The summed E-state index contributed by atoms with van der Waals surface area (Å²) in [5.74, 6) is -3.28. The van der Waals surface area contributed by atoms with Crippen molar-refractivity contribution < 1.29 is 53.8 Å². The van der Waals surface area contributed by atoms with Gasteiger partial charge in [-0.25, -0.2) is 22.0 Å². The van der Waals surface area contributed by atoms with E-state index in [4.69, 9.17) is 0 Å². The van der Waals surface area contributed by atoms with Crippen LogP contribution in [0, 0.1) is 6.92 Å². The van der Waals surface area contributed by atoms with Crippen LogP contribution in [0.3, 0.4) is 0 Å². The van der Waals surface area contributed by atoms with Crippen molar-refractivity contribution >= 4 is 22.0 Å². The van der Waals surface area contributed by atoms with Gasteiger partial charge < -0.3 is 9.47 Å². The van der Waals surface area contributed by atoms with Crippen molar-refractivity contribution in [3.05, 3.63) is 76.5 Å². The van der Waals surface area contributed by atoms with E-state index in [9.17, 15) is 44.3 Å². The van der Waals surface area contributed by atoms with Crippen molar-refractivity contribution in [1.82, 2.24) is 3.97 Å². The minimum atomic E-state index is -5.56. The van der Waals surface area contributed by atoms with E-state index in [-0.39, 0.29) is 3.97 Å². The fraction of sp³-hybridized carbons (Fsp3) is 0.217. The van der Waals surface area contributed by atoms with Crippen LogP contribution in [0.5, 0.6) is 0 Å². The molecule has 0 spiro atoms. The number of esters is 2. The summed E-state index contributed by atoms with van der Waals surface area (Å²) >= 11 is 0. The number of halogens is 6. The van der Waals surface area contributed by atoms with Crippen LogP contribution in [-0.2, 0) is 31.8 Å². The first kappa shape index (κ1) is 27.8. The average Bonchev–Trinajstić information content (AvgIpc) is 3.20. The largest absolute Gasteiger partial charge is 0.465 e. The Balaban J connectivity index is 2.60. The minimum Gasteiger partial charge on any atom is -0.465 e. The number of methoxy groups -OCH3 is 2. The van der Waals surface area contributed by atoms with Gasteiger partial charge in [-0.05, 0) is 31.2 Å². The Morgan fingerprint density at radius 2 is 1.24 bits per heavy atom. The molecule has 0 saturated carbocycles. The Hall–Kier alpha value is -3.81. The molecule has 1 heterocycles. The molecule has 7 nitrogen and oxygen atoms in total. The van der Waals surface area contributed by atoms with E-state index < -0.39 is 72.9 Å². The molecule has 1 aromatic heterocycles. The van der Waals surface area contributed by atoms with Gasteiger partial charge >= 0.3 is 24.3 Å². The van der Waals surface area contributed by atoms with E-state index in [0.717, 1.165) is 19.2 Å². The van der Waals surface area contributed by atoms with Gasteiger partial charge in [-0.2, -0.15) is 26.3 Å². The molecule has 0 unspecified atom stereocenters. The molecule has 198 valence electrons. The van der Waals surface area contributed by atoms with Gasteiger partial charge in [0.25, 0.3) is 10.0 Å². The summed E-state index contributed by atoms with van der Waals surface area (Å²) in [6, 6.07) is 6.90. The van der Waals surface area contributed by atoms with E-state index >= 15 is 0 Å². The van der Waals surface area contributed by atoms with E-state index in [1.165, 1.54) is 12.1 Å². The number of benzene rings is 2. The van der Waals surface area contributed by atoms with Crippen LogP contribution < -0.4 is 0 Å². The third kappa shape index (κ3) is 5.05. The Bertz CT molecular complexity index is 1450. The average molecular weight is 549 g/mol. The summed E-state index contributed by atoms with van der Waals surface area (Å²) in [6.45, 7) is 1.59. The summed E-state index contributed by atoms with van der Waals surface area (Å²) in [5.41, 5.74) is -6.94. The maximum Gasteiger partial charge on any atom is 0.433 e. The lowest BCUT2D eigenvalue weighted by molar-refractivity contribution is -0.142. The molecule has 0 aliphatic carbocycles. The zero-order chi connectivity index (χ0) is 27.9. The second-order valence-electron chi connectivity index (χ2n) is 7.59. The van der Waals surface area contributed by atoms with Crippen molar-refractivity contribution in [3.8, 4) is 11.3 Å². The third-order valence-corrected chi connectivity index (χ3v) is 6.94. The monoisotopic (exact) mass is 549 g/mol. The maximum atomic E-state index is 14.4. The van der Waals surface area contributed by atoms with E-state index in [1.807, 2.05) is 0 Å². The summed E-state index contributed by atoms with van der Waals surface area (Å²) in [6.07, 6.45) is -10.4. The standard InChI is InChI=1S/C23H17F6NO6S/c1-12-4-10-15(11-5-12)37(33,34)30-18(13-6-8-14(9-7-13)22(24,25)26)16(20(31)35-2)17(21(32)36-3)19(30)23(27,28)29/h4-11H,1-3H3. The lowest BCUT2D eigenvalue weighted by Gasteiger charge is -2.17. The van der Waals surface area contributed by atoms with E-state index in [2.05, 4.69) is 9.47 Å². The molecule has 3 rings (SSSR count). The fourth-order valence-electron chi connectivity index (χ4n) is 3.54. The van der Waals surface area contributed by atoms with Crippen molar-refractivity contribution in [1.29, 1.82) is 0 Å². The second kappa shape index (κ2) is 9.57. The van der Waals surface area contributed by atoms with Crippen LogP contribution in [0.4, 0.5) is 26.3 Å². The molecule has 0 aliphatic rings. The van der Waals surface area contributed by atoms with Crippen molar-refractivity contribution in [2.24, 2.45) is 0 Å². The molecule has 2 aromatic carbocycles. The first-order valence-electron chi connectivity index (χ1n) is 10.1. The van der Waals surface area contributed by atoms with E-state index in [1.54, 1.807) is 6.92 Å². The molecule has 14 heteroatoms. The number of carbonyl (C=O) groups is 2. The normalized spacial score (nSPS) is 12.4. The van der Waals surface area contributed by atoms with Gasteiger partial charge in [-0.3, -0.25) is 0 Å².